The number of rotatable bonds is 2. The van der Waals surface area contributed by atoms with Gasteiger partial charge < -0.3 is 5.73 Å². The van der Waals surface area contributed by atoms with Crippen LogP contribution in [0.15, 0.2) is 54.6 Å². The smallest absolute Gasteiger partial charge is 0.131 e. The van der Waals surface area contributed by atoms with Gasteiger partial charge >= 0.3 is 0 Å². The topological polar surface area (TPSA) is 43.8 Å². The van der Waals surface area contributed by atoms with E-state index in [0.29, 0.717) is 0 Å². The number of hydrogen-bond acceptors (Lipinski definition) is 2. The molecule has 3 aromatic rings. The highest BCUT2D eigenvalue weighted by Gasteiger charge is 2.14. The first-order chi connectivity index (χ1) is 8.77. The van der Waals surface area contributed by atoms with Gasteiger partial charge in [0.2, 0.25) is 0 Å². The lowest BCUT2D eigenvalue weighted by Gasteiger charge is -2.11. The first-order valence-corrected chi connectivity index (χ1v) is 6.06. The molecule has 1 heterocycles. The minimum absolute atomic E-state index is 0.0994. The Morgan fingerprint density at radius 1 is 1.00 bits per heavy atom. The van der Waals surface area contributed by atoms with Crippen molar-refractivity contribution in [2.24, 2.45) is 5.73 Å². The largest absolute Gasteiger partial charge is 0.322 e. The molecular formula is C15H15N3. The average Bonchev–Trinajstić information content (AvgIpc) is 2.79. The molecule has 0 aliphatic rings. The highest BCUT2D eigenvalue weighted by Crippen LogP contribution is 2.23. The molecule has 0 radical (unpaired) electrons. The molecule has 0 unspecified atom stereocenters. The minimum Gasteiger partial charge on any atom is -0.322 e. The number of hydrogen-bond donors (Lipinski definition) is 1. The summed E-state index contributed by atoms with van der Waals surface area (Å²) in [6.07, 6.45) is 0. The van der Waals surface area contributed by atoms with Crippen LogP contribution in [0.25, 0.3) is 16.7 Å². The van der Waals surface area contributed by atoms with Crippen molar-refractivity contribution in [1.29, 1.82) is 0 Å². The zero-order chi connectivity index (χ0) is 12.5. The van der Waals surface area contributed by atoms with Gasteiger partial charge in [-0.15, -0.1) is 0 Å². The predicted octanol–water partition coefficient (Wildman–Crippen LogP) is 3.05. The average molecular weight is 237 g/mol. The maximum absolute atomic E-state index is 6.03. The summed E-state index contributed by atoms with van der Waals surface area (Å²) >= 11 is 0. The highest BCUT2D eigenvalue weighted by atomic mass is 15.1. The Kier molecular flexibility index (Phi) is 2.61. The second kappa shape index (κ2) is 4.27. The molecule has 0 aliphatic heterocycles. The first-order valence-electron chi connectivity index (χ1n) is 6.06. The second-order valence-electron chi connectivity index (χ2n) is 4.42. The monoisotopic (exact) mass is 237 g/mol. The molecule has 0 amide bonds. The van der Waals surface area contributed by atoms with E-state index in [2.05, 4.69) is 27.8 Å². The van der Waals surface area contributed by atoms with Crippen molar-refractivity contribution in [3.63, 3.8) is 0 Å². The number of benzene rings is 2. The van der Waals surface area contributed by atoms with E-state index in [9.17, 15) is 0 Å². The molecule has 0 spiro atoms. The molecule has 2 aromatic carbocycles. The van der Waals surface area contributed by atoms with Gasteiger partial charge in [-0.25, -0.2) is 4.98 Å². The minimum atomic E-state index is -0.0994. The van der Waals surface area contributed by atoms with Crippen LogP contribution in [0.1, 0.15) is 18.8 Å². The molecule has 0 fully saturated rings. The summed E-state index contributed by atoms with van der Waals surface area (Å²) in [5.41, 5.74) is 9.20. The van der Waals surface area contributed by atoms with Crippen LogP contribution in [-0.2, 0) is 0 Å². The highest BCUT2D eigenvalue weighted by molar-refractivity contribution is 5.78. The molecule has 0 aliphatic carbocycles. The van der Waals surface area contributed by atoms with Crippen molar-refractivity contribution < 1.29 is 0 Å². The summed E-state index contributed by atoms with van der Waals surface area (Å²) in [4.78, 5) is 4.63. The van der Waals surface area contributed by atoms with Crippen LogP contribution in [0.5, 0.6) is 0 Å². The summed E-state index contributed by atoms with van der Waals surface area (Å²) < 4.78 is 2.12. The van der Waals surface area contributed by atoms with E-state index in [1.807, 2.05) is 43.3 Å². The van der Waals surface area contributed by atoms with Gasteiger partial charge in [-0.3, -0.25) is 4.57 Å². The quantitative estimate of drug-likeness (QED) is 0.744. The Morgan fingerprint density at radius 3 is 2.39 bits per heavy atom. The summed E-state index contributed by atoms with van der Waals surface area (Å²) in [5.74, 6) is 0.891. The molecule has 3 rings (SSSR count). The summed E-state index contributed by atoms with van der Waals surface area (Å²) in [5, 5.41) is 0. The number of nitrogens with zero attached hydrogens (tertiary/aromatic N) is 2. The molecular weight excluding hydrogens is 222 g/mol. The van der Waals surface area contributed by atoms with Gasteiger partial charge in [0.1, 0.15) is 5.82 Å². The van der Waals surface area contributed by atoms with Crippen LogP contribution in [0.2, 0.25) is 0 Å². The number of nitrogens with two attached hydrogens (primary N) is 1. The molecule has 1 aromatic heterocycles. The van der Waals surface area contributed by atoms with Crippen molar-refractivity contribution in [3.05, 3.63) is 60.4 Å². The summed E-state index contributed by atoms with van der Waals surface area (Å²) in [6, 6.07) is 18.2. The summed E-state index contributed by atoms with van der Waals surface area (Å²) in [6.45, 7) is 1.96. The van der Waals surface area contributed by atoms with Crippen LogP contribution >= 0.6 is 0 Å². The Labute approximate surface area is 106 Å². The maximum Gasteiger partial charge on any atom is 0.131 e. The van der Waals surface area contributed by atoms with Gasteiger partial charge in [0.15, 0.2) is 0 Å². The number of imidazole rings is 1. The lowest BCUT2D eigenvalue weighted by Crippen LogP contribution is -2.12. The van der Waals surface area contributed by atoms with Crippen molar-refractivity contribution >= 4 is 11.0 Å². The first kappa shape index (κ1) is 11.0. The number of para-hydroxylation sites is 3. The van der Waals surface area contributed by atoms with E-state index < -0.39 is 0 Å². The molecule has 0 saturated carbocycles. The fourth-order valence-electron chi connectivity index (χ4n) is 2.20. The molecule has 18 heavy (non-hydrogen) atoms. The predicted molar refractivity (Wildman–Crippen MR) is 73.7 cm³/mol. The van der Waals surface area contributed by atoms with E-state index in [1.165, 1.54) is 0 Å². The summed E-state index contributed by atoms with van der Waals surface area (Å²) in [7, 11) is 0. The van der Waals surface area contributed by atoms with Crippen molar-refractivity contribution in [2.75, 3.05) is 0 Å². The van der Waals surface area contributed by atoms with Crippen molar-refractivity contribution in [3.8, 4) is 5.69 Å². The van der Waals surface area contributed by atoms with Crippen molar-refractivity contribution in [1.82, 2.24) is 9.55 Å². The van der Waals surface area contributed by atoms with Gasteiger partial charge in [-0.05, 0) is 31.2 Å². The normalized spacial score (nSPS) is 12.8. The van der Waals surface area contributed by atoms with Crippen LogP contribution in [-0.4, -0.2) is 9.55 Å². The third-order valence-corrected chi connectivity index (χ3v) is 3.01. The zero-order valence-corrected chi connectivity index (χ0v) is 10.2. The van der Waals surface area contributed by atoms with Gasteiger partial charge in [-0.1, -0.05) is 30.3 Å². The van der Waals surface area contributed by atoms with Gasteiger partial charge in [0.05, 0.1) is 17.1 Å². The number of aromatic nitrogens is 2. The molecule has 3 nitrogen and oxygen atoms in total. The maximum atomic E-state index is 6.03. The van der Waals surface area contributed by atoms with E-state index in [0.717, 1.165) is 22.5 Å². The molecule has 0 bridgehead atoms. The Balaban J connectivity index is 2.35. The van der Waals surface area contributed by atoms with Crippen molar-refractivity contribution in [2.45, 2.75) is 13.0 Å². The van der Waals surface area contributed by atoms with Gasteiger partial charge in [-0.2, -0.15) is 0 Å². The Bertz CT molecular complexity index is 669. The fraction of sp³-hybridized carbons (Fsp3) is 0.133. The Morgan fingerprint density at radius 2 is 1.67 bits per heavy atom. The molecule has 3 heteroatoms. The second-order valence-corrected chi connectivity index (χ2v) is 4.42. The SMILES string of the molecule is C[C@@H](N)c1nc2ccccc2n1-c1ccccc1. The van der Waals surface area contributed by atoms with Crippen LogP contribution < -0.4 is 5.73 Å². The van der Waals surface area contributed by atoms with E-state index in [1.54, 1.807) is 0 Å². The van der Waals surface area contributed by atoms with Crippen LogP contribution in [0.4, 0.5) is 0 Å². The fourth-order valence-corrected chi connectivity index (χ4v) is 2.20. The van der Waals surface area contributed by atoms with E-state index in [4.69, 9.17) is 5.73 Å². The van der Waals surface area contributed by atoms with E-state index in [-0.39, 0.29) is 6.04 Å². The standard InChI is InChI=1S/C15H15N3/c1-11(16)15-17-13-9-5-6-10-14(13)18(15)12-7-3-2-4-8-12/h2-11H,16H2,1H3/t11-/m1/s1. The molecule has 1 atom stereocenters. The van der Waals surface area contributed by atoms with E-state index >= 15 is 0 Å². The van der Waals surface area contributed by atoms with Crippen LogP contribution in [0, 0.1) is 0 Å². The lowest BCUT2D eigenvalue weighted by atomic mass is 10.2. The zero-order valence-electron chi connectivity index (χ0n) is 10.2. The van der Waals surface area contributed by atoms with Crippen LogP contribution in [0.3, 0.4) is 0 Å². The third-order valence-electron chi connectivity index (χ3n) is 3.01. The Hall–Kier alpha value is -2.13. The number of fused-ring (bicyclic) bond motifs is 1. The third kappa shape index (κ3) is 1.69. The lowest BCUT2D eigenvalue weighted by molar-refractivity contribution is 0.727. The molecule has 0 saturated heterocycles. The van der Waals surface area contributed by atoms with Gasteiger partial charge in [0.25, 0.3) is 0 Å². The van der Waals surface area contributed by atoms with Gasteiger partial charge in [0, 0.05) is 5.69 Å². The molecule has 2 N–H and O–H groups in total. The molecule has 90 valence electrons.